The van der Waals surface area contributed by atoms with E-state index in [1.54, 1.807) is 18.0 Å². The van der Waals surface area contributed by atoms with E-state index in [1.165, 1.54) is 0 Å². The van der Waals surface area contributed by atoms with Crippen molar-refractivity contribution in [1.29, 1.82) is 0 Å². The maximum Gasteiger partial charge on any atom is 0.270 e. The molecular formula is C19H24ClN3O3. The minimum absolute atomic E-state index is 0.00466. The van der Waals surface area contributed by atoms with Crippen molar-refractivity contribution in [2.45, 2.75) is 56.8 Å². The van der Waals surface area contributed by atoms with Crippen LogP contribution in [-0.4, -0.2) is 52.9 Å². The molecule has 7 heteroatoms. The number of carbonyl (C=O) groups excluding carboxylic acids is 1. The van der Waals surface area contributed by atoms with Crippen LogP contribution in [0.5, 0.6) is 0 Å². The van der Waals surface area contributed by atoms with E-state index in [0.717, 1.165) is 10.9 Å². The molecular weight excluding hydrogens is 354 g/mol. The Morgan fingerprint density at radius 3 is 2.69 bits per heavy atom. The van der Waals surface area contributed by atoms with Crippen LogP contribution in [0.4, 0.5) is 0 Å². The van der Waals surface area contributed by atoms with E-state index in [0.29, 0.717) is 23.6 Å². The smallest absolute Gasteiger partial charge is 0.270 e. The molecule has 1 amide bonds. The van der Waals surface area contributed by atoms with Crippen molar-refractivity contribution in [2.75, 3.05) is 7.05 Å². The maximum atomic E-state index is 13.0. The fourth-order valence-electron chi connectivity index (χ4n) is 4.15. The molecule has 3 N–H and O–H groups in total. The Morgan fingerprint density at radius 1 is 1.27 bits per heavy atom. The molecule has 1 saturated heterocycles. The highest BCUT2D eigenvalue weighted by molar-refractivity contribution is 6.31. The van der Waals surface area contributed by atoms with Crippen molar-refractivity contribution >= 4 is 28.4 Å². The Hall–Kier alpha value is -1.60. The molecule has 0 bridgehead atoms. The normalized spacial score (nSPS) is 30.3. The average Bonchev–Trinajstić information content (AvgIpc) is 3.10. The van der Waals surface area contributed by atoms with Gasteiger partial charge in [0.15, 0.2) is 5.79 Å². The molecule has 0 radical (unpaired) electrons. The lowest BCUT2D eigenvalue weighted by atomic mass is 9.86. The molecule has 4 rings (SSSR count). The number of hydrogen-bond donors (Lipinski definition) is 2. The van der Waals surface area contributed by atoms with Crippen molar-refractivity contribution in [3.8, 4) is 0 Å². The van der Waals surface area contributed by atoms with Crippen LogP contribution in [-0.2, 0) is 9.47 Å². The molecule has 2 aromatic rings. The van der Waals surface area contributed by atoms with Crippen LogP contribution < -0.4 is 5.73 Å². The summed E-state index contributed by atoms with van der Waals surface area (Å²) in [7, 11) is 1.80. The Balaban J connectivity index is 1.54. The highest BCUT2D eigenvalue weighted by Gasteiger charge is 2.48. The monoisotopic (exact) mass is 377 g/mol. The fraction of sp³-hybridized carbons (Fsp3) is 0.526. The van der Waals surface area contributed by atoms with E-state index in [9.17, 15) is 4.79 Å². The standard InChI is InChI=1S/C19H24ClN3O3/c1-19(2)25-16-8-12(21)15(9-17(16)26-19)23(3)18(24)14-7-10-6-11(20)4-5-13(10)22-14/h4-7,12,15-17,22H,8-9,21H2,1-3H3/t12-,15+,16?,17?/m1/s1. The second-order valence-electron chi connectivity index (χ2n) is 7.75. The van der Waals surface area contributed by atoms with Gasteiger partial charge in [-0.1, -0.05) is 11.6 Å². The quantitative estimate of drug-likeness (QED) is 0.843. The summed E-state index contributed by atoms with van der Waals surface area (Å²) < 4.78 is 11.9. The van der Waals surface area contributed by atoms with Gasteiger partial charge in [-0.05, 0) is 51.0 Å². The van der Waals surface area contributed by atoms with Crippen molar-refractivity contribution in [3.63, 3.8) is 0 Å². The lowest BCUT2D eigenvalue weighted by Crippen LogP contribution is -2.56. The summed E-state index contributed by atoms with van der Waals surface area (Å²) in [6.07, 6.45) is 1.31. The van der Waals surface area contributed by atoms with Gasteiger partial charge < -0.3 is 25.1 Å². The number of H-pyrrole nitrogens is 1. The van der Waals surface area contributed by atoms with E-state index in [4.69, 9.17) is 26.8 Å². The van der Waals surface area contributed by atoms with E-state index in [1.807, 2.05) is 32.0 Å². The zero-order chi connectivity index (χ0) is 18.6. The van der Waals surface area contributed by atoms with Gasteiger partial charge in [0.25, 0.3) is 5.91 Å². The number of carbonyl (C=O) groups is 1. The Kier molecular flexibility index (Phi) is 4.27. The van der Waals surface area contributed by atoms with Gasteiger partial charge in [-0.3, -0.25) is 4.79 Å². The van der Waals surface area contributed by atoms with Crippen molar-refractivity contribution in [2.24, 2.45) is 5.73 Å². The zero-order valence-electron chi connectivity index (χ0n) is 15.2. The number of nitrogens with one attached hydrogen (secondary N) is 1. The molecule has 6 nitrogen and oxygen atoms in total. The molecule has 140 valence electrons. The third-order valence-electron chi connectivity index (χ3n) is 5.39. The zero-order valence-corrected chi connectivity index (χ0v) is 15.9. The number of halogens is 1. The molecule has 2 fully saturated rings. The highest BCUT2D eigenvalue weighted by atomic mass is 35.5. The molecule has 1 aliphatic heterocycles. The van der Waals surface area contributed by atoms with Crippen LogP contribution in [0.25, 0.3) is 10.9 Å². The minimum atomic E-state index is -0.594. The van der Waals surface area contributed by atoms with Gasteiger partial charge in [0, 0.05) is 35.1 Å². The number of ether oxygens (including phenoxy) is 2. The van der Waals surface area contributed by atoms with Crippen LogP contribution in [0.1, 0.15) is 37.2 Å². The predicted molar refractivity (Wildman–Crippen MR) is 100 cm³/mol. The van der Waals surface area contributed by atoms with E-state index >= 15 is 0 Å². The molecule has 1 saturated carbocycles. The average molecular weight is 378 g/mol. The number of nitrogens with two attached hydrogens (primary N) is 1. The number of hydrogen-bond acceptors (Lipinski definition) is 4. The van der Waals surface area contributed by atoms with Crippen LogP contribution in [0.3, 0.4) is 0 Å². The summed E-state index contributed by atoms with van der Waals surface area (Å²) in [6.45, 7) is 3.83. The van der Waals surface area contributed by atoms with Crippen LogP contribution in [0.15, 0.2) is 24.3 Å². The number of aromatic amines is 1. The van der Waals surface area contributed by atoms with Gasteiger partial charge in [-0.2, -0.15) is 0 Å². The topological polar surface area (TPSA) is 80.6 Å². The van der Waals surface area contributed by atoms with E-state index in [-0.39, 0.29) is 30.2 Å². The molecule has 0 spiro atoms. The molecule has 1 aliphatic carbocycles. The number of nitrogens with zero attached hydrogens (tertiary/aromatic N) is 1. The second kappa shape index (κ2) is 6.23. The predicted octanol–water partition coefficient (Wildman–Crippen LogP) is 2.90. The van der Waals surface area contributed by atoms with Gasteiger partial charge >= 0.3 is 0 Å². The third kappa shape index (κ3) is 3.11. The summed E-state index contributed by atoms with van der Waals surface area (Å²) in [5.41, 5.74) is 7.79. The molecule has 2 unspecified atom stereocenters. The first kappa shape index (κ1) is 17.8. The summed E-state index contributed by atoms with van der Waals surface area (Å²) in [5, 5.41) is 1.56. The first-order valence-corrected chi connectivity index (χ1v) is 9.28. The minimum Gasteiger partial charge on any atom is -0.351 e. The Morgan fingerprint density at radius 2 is 1.96 bits per heavy atom. The highest BCUT2D eigenvalue weighted by Crippen LogP contribution is 2.37. The second-order valence-corrected chi connectivity index (χ2v) is 8.18. The molecule has 1 aromatic carbocycles. The van der Waals surface area contributed by atoms with Gasteiger partial charge in [0.05, 0.1) is 12.2 Å². The maximum absolute atomic E-state index is 13.0. The number of fused-ring (bicyclic) bond motifs is 2. The third-order valence-corrected chi connectivity index (χ3v) is 5.62. The number of aromatic nitrogens is 1. The molecule has 4 atom stereocenters. The van der Waals surface area contributed by atoms with Crippen LogP contribution in [0, 0.1) is 0 Å². The van der Waals surface area contributed by atoms with Crippen molar-refractivity contribution < 1.29 is 14.3 Å². The summed E-state index contributed by atoms with van der Waals surface area (Å²) in [4.78, 5) is 17.9. The van der Waals surface area contributed by atoms with Crippen LogP contribution in [0.2, 0.25) is 5.02 Å². The van der Waals surface area contributed by atoms with E-state index < -0.39 is 5.79 Å². The Bertz CT molecular complexity index is 850. The number of amides is 1. The first-order chi connectivity index (χ1) is 12.2. The van der Waals surface area contributed by atoms with Crippen molar-refractivity contribution in [3.05, 3.63) is 35.0 Å². The molecule has 2 heterocycles. The lowest BCUT2D eigenvalue weighted by Gasteiger charge is -2.39. The van der Waals surface area contributed by atoms with Gasteiger partial charge in [0.2, 0.25) is 0 Å². The number of benzene rings is 1. The lowest BCUT2D eigenvalue weighted by molar-refractivity contribution is -0.145. The van der Waals surface area contributed by atoms with E-state index in [2.05, 4.69) is 4.98 Å². The van der Waals surface area contributed by atoms with Crippen molar-refractivity contribution in [1.82, 2.24) is 9.88 Å². The molecule has 26 heavy (non-hydrogen) atoms. The summed E-state index contributed by atoms with van der Waals surface area (Å²) in [6, 6.07) is 7.09. The first-order valence-electron chi connectivity index (χ1n) is 8.90. The molecule has 2 aliphatic rings. The SMILES string of the molecule is CN(C(=O)c1cc2cc(Cl)ccc2[nH]1)[C@H]1CC2OC(C)(C)OC2C[C@H]1N. The summed E-state index contributed by atoms with van der Waals surface area (Å²) in [5.74, 6) is -0.683. The fourth-order valence-corrected chi connectivity index (χ4v) is 4.33. The number of likely N-dealkylation sites (N-methyl/N-ethyl adjacent to an activating group) is 1. The van der Waals surface area contributed by atoms with Crippen LogP contribution >= 0.6 is 11.6 Å². The van der Waals surface area contributed by atoms with Gasteiger partial charge in [-0.15, -0.1) is 0 Å². The van der Waals surface area contributed by atoms with Gasteiger partial charge in [-0.25, -0.2) is 0 Å². The Labute approximate surface area is 157 Å². The number of rotatable bonds is 2. The largest absolute Gasteiger partial charge is 0.351 e. The summed E-state index contributed by atoms with van der Waals surface area (Å²) >= 11 is 6.03. The molecule has 1 aromatic heterocycles. The van der Waals surface area contributed by atoms with Gasteiger partial charge in [0.1, 0.15) is 5.69 Å².